The van der Waals surface area contributed by atoms with Crippen molar-refractivity contribution in [2.45, 2.75) is 37.1 Å². The van der Waals surface area contributed by atoms with Crippen LogP contribution in [0.1, 0.15) is 69.1 Å². The molecule has 10 rings (SSSR count). The molecule has 2 saturated carbocycles. The van der Waals surface area contributed by atoms with Crippen LogP contribution in [-0.2, 0) is 0 Å². The summed E-state index contributed by atoms with van der Waals surface area (Å²) in [6, 6.07) is 14.9. The highest BCUT2D eigenvalue weighted by atomic mass is 19.1. The van der Waals surface area contributed by atoms with Crippen molar-refractivity contribution >= 4 is 45.0 Å². The minimum atomic E-state index is -1.10. The van der Waals surface area contributed by atoms with Gasteiger partial charge in [-0.3, -0.25) is 24.5 Å². The monoisotopic (exact) mass is 954 g/mol. The van der Waals surface area contributed by atoms with Gasteiger partial charge in [0, 0.05) is 85.2 Å². The van der Waals surface area contributed by atoms with Gasteiger partial charge in [-0.2, -0.15) is 4.57 Å². The predicted molar refractivity (Wildman–Crippen MR) is 246 cm³/mol. The lowest BCUT2D eigenvalue weighted by Gasteiger charge is -2.15. The maximum Gasteiger partial charge on any atom is 0.261 e. The van der Waals surface area contributed by atoms with Gasteiger partial charge >= 0.3 is 0 Å². The Morgan fingerprint density at radius 1 is 0.643 bits per heavy atom. The van der Waals surface area contributed by atoms with Gasteiger partial charge in [0.1, 0.15) is 28.7 Å². The maximum atomic E-state index is 15.9. The predicted octanol–water partition coefficient (Wildman–Crippen LogP) is 10.1. The molecule has 15 nitrogen and oxygen atoms in total. The molecular weight excluding hydrogens is 915 g/mol. The first-order valence-electron chi connectivity index (χ1n) is 21.8. The second kappa shape index (κ2) is 18.5. The van der Waals surface area contributed by atoms with Crippen LogP contribution in [0.25, 0.3) is 21.8 Å². The van der Waals surface area contributed by atoms with Crippen molar-refractivity contribution in [1.29, 1.82) is 0 Å². The molecule has 8 aromatic rings. The molecule has 0 spiro atoms. The Bertz CT molecular complexity index is 3370. The number of nitrogens with zero attached hydrogens (tertiary/aromatic N) is 5. The Labute approximate surface area is 396 Å². The van der Waals surface area contributed by atoms with E-state index in [0.717, 1.165) is 42.7 Å². The van der Waals surface area contributed by atoms with E-state index >= 15 is 17.6 Å². The summed E-state index contributed by atoms with van der Waals surface area (Å²) >= 11 is 0. The zero-order valence-corrected chi connectivity index (χ0v) is 37.7. The molecule has 354 valence electrons. The molecule has 2 aliphatic rings. The molecule has 2 N–H and O–H groups in total. The molecule has 2 fully saturated rings. The molecule has 19 heteroatoms. The maximum absolute atomic E-state index is 15.9. The van der Waals surface area contributed by atoms with Crippen LogP contribution >= 0.6 is 0 Å². The van der Waals surface area contributed by atoms with Gasteiger partial charge in [0.05, 0.1) is 73.5 Å². The standard InChI is InChI=1S/C51H39F4N7O8/c1-65-40-7-11-56-23-31(40)50(63)59-26-15-33(52)48(34(53)16-26)69-42-10-14-62(39-22-44(67-3)28(19-29(39)42)25-5-6-25)38-20-30(38)47-46-37(21-45(61-47)68-4)58-13-9-43(46)70-49-35(54)17-27(18-36(49)55)60-51(64)32-24-57-12-8-41(32)66-2/h7-19,21-25,30,38H,5-6,20H2,1-4H3,(H-,59,60,63,64)/p+1. The SMILES string of the molecule is COc1cc2nccc(Oc3c(F)cc(NC(=O)c4cnccc4OC)cc3F)c2c(C2CC2[n+]2ccc(Oc3c(F)cc(NC(=O)c4cnccc4OC)cc3F)c3cc(C4CC4)c(OC)cc32)n1. The number of ether oxygens (including phenoxy) is 6. The van der Waals surface area contributed by atoms with Gasteiger partial charge in [0.25, 0.3) is 11.8 Å². The number of anilines is 2. The van der Waals surface area contributed by atoms with Gasteiger partial charge in [-0.25, -0.2) is 22.5 Å². The number of carbonyl (C=O) groups is 2. The summed E-state index contributed by atoms with van der Waals surface area (Å²) in [6.45, 7) is 0. The van der Waals surface area contributed by atoms with Crippen LogP contribution in [0.3, 0.4) is 0 Å². The highest BCUT2D eigenvalue weighted by molar-refractivity contribution is 6.06. The first kappa shape index (κ1) is 45.2. The average Bonchev–Trinajstić information content (AvgIpc) is 4.32. The Morgan fingerprint density at radius 2 is 1.20 bits per heavy atom. The van der Waals surface area contributed by atoms with Gasteiger partial charge < -0.3 is 39.1 Å². The summed E-state index contributed by atoms with van der Waals surface area (Å²) in [5.41, 5.74) is 2.16. The molecule has 2 aliphatic carbocycles. The van der Waals surface area contributed by atoms with Gasteiger partial charge in [0.2, 0.25) is 11.4 Å². The van der Waals surface area contributed by atoms with Gasteiger partial charge in [-0.1, -0.05) is 0 Å². The largest absolute Gasteiger partial charge is 0.496 e. The van der Waals surface area contributed by atoms with E-state index in [-0.39, 0.29) is 69.3 Å². The van der Waals surface area contributed by atoms with Crippen molar-refractivity contribution in [3.8, 4) is 46.1 Å². The Hall–Kier alpha value is -8.61. The molecule has 2 atom stereocenters. The van der Waals surface area contributed by atoms with E-state index in [1.807, 2.05) is 16.7 Å². The normalized spacial score (nSPS) is 15.0. The highest BCUT2D eigenvalue weighted by Gasteiger charge is 2.50. The van der Waals surface area contributed by atoms with Crippen LogP contribution in [0.2, 0.25) is 0 Å². The van der Waals surface area contributed by atoms with Gasteiger partial charge in [0.15, 0.2) is 47.0 Å². The van der Waals surface area contributed by atoms with Crippen LogP contribution in [0.5, 0.6) is 46.1 Å². The van der Waals surface area contributed by atoms with E-state index in [4.69, 9.17) is 33.4 Å². The average molecular weight is 955 g/mol. The summed E-state index contributed by atoms with van der Waals surface area (Å²) in [6.07, 6.45) is 11.0. The van der Waals surface area contributed by atoms with Crippen molar-refractivity contribution < 1.29 is 60.1 Å². The molecule has 0 aliphatic heterocycles. The van der Waals surface area contributed by atoms with Crippen molar-refractivity contribution in [3.63, 3.8) is 0 Å². The van der Waals surface area contributed by atoms with E-state index in [2.05, 4.69) is 25.6 Å². The fraction of sp³-hybridized carbons (Fsp3) is 0.196. The molecule has 0 bridgehead atoms. The third kappa shape index (κ3) is 8.61. The van der Waals surface area contributed by atoms with Crippen LogP contribution in [-0.4, -0.2) is 60.2 Å². The third-order valence-electron chi connectivity index (χ3n) is 12.1. The second-order valence-electron chi connectivity index (χ2n) is 16.4. The van der Waals surface area contributed by atoms with Crippen molar-refractivity contribution in [1.82, 2.24) is 19.9 Å². The zero-order valence-electron chi connectivity index (χ0n) is 37.7. The van der Waals surface area contributed by atoms with Gasteiger partial charge in [-0.05, 0) is 48.6 Å². The molecule has 5 heterocycles. The second-order valence-corrected chi connectivity index (χ2v) is 16.4. The molecule has 2 unspecified atom stereocenters. The third-order valence-corrected chi connectivity index (χ3v) is 12.1. The molecule has 0 radical (unpaired) electrons. The van der Waals surface area contributed by atoms with Crippen LogP contribution in [0.4, 0.5) is 28.9 Å². The quantitative estimate of drug-likeness (QED) is 0.0738. The number of rotatable bonds is 15. The molecule has 3 aromatic carbocycles. The number of methoxy groups -OCH3 is 4. The summed E-state index contributed by atoms with van der Waals surface area (Å²) < 4.78 is 99.4. The molecule has 2 amide bonds. The number of amides is 2. The van der Waals surface area contributed by atoms with Gasteiger partial charge in [-0.15, -0.1) is 0 Å². The number of hydrogen-bond donors (Lipinski definition) is 2. The molecule has 0 saturated heterocycles. The lowest BCUT2D eigenvalue weighted by molar-refractivity contribution is -0.676. The summed E-state index contributed by atoms with van der Waals surface area (Å²) in [7, 11) is 5.79. The first-order chi connectivity index (χ1) is 34.0. The highest BCUT2D eigenvalue weighted by Crippen LogP contribution is 2.53. The van der Waals surface area contributed by atoms with Crippen LogP contribution in [0.15, 0.2) is 104 Å². The summed E-state index contributed by atoms with van der Waals surface area (Å²) in [5, 5.41) is 5.87. The lowest BCUT2D eigenvalue weighted by atomic mass is 10.0. The van der Waals surface area contributed by atoms with E-state index < -0.39 is 46.6 Å². The van der Waals surface area contributed by atoms with E-state index in [0.29, 0.717) is 39.7 Å². The van der Waals surface area contributed by atoms with Crippen molar-refractivity contribution in [2.75, 3.05) is 39.1 Å². The number of pyridine rings is 5. The smallest absolute Gasteiger partial charge is 0.261 e. The van der Waals surface area contributed by atoms with Crippen LogP contribution < -0.4 is 43.6 Å². The summed E-state index contributed by atoms with van der Waals surface area (Å²) in [5.74, 6) is -5.74. The Morgan fingerprint density at radius 3 is 1.74 bits per heavy atom. The fourth-order valence-electron chi connectivity index (χ4n) is 8.51. The van der Waals surface area contributed by atoms with Crippen molar-refractivity contribution in [2.24, 2.45) is 0 Å². The zero-order chi connectivity index (χ0) is 48.8. The number of halogens is 4. The lowest BCUT2D eigenvalue weighted by Crippen LogP contribution is -2.33. The number of hydrogen-bond acceptors (Lipinski definition) is 12. The minimum Gasteiger partial charge on any atom is -0.496 e. The minimum absolute atomic E-state index is 0.0521. The molecule has 5 aromatic heterocycles. The molecular formula is C51H40F4N7O8+. The first-order valence-corrected chi connectivity index (χ1v) is 21.8. The summed E-state index contributed by atoms with van der Waals surface area (Å²) in [4.78, 5) is 43.2. The Balaban J connectivity index is 0.974. The number of carbonyl (C=O) groups excluding carboxylic acids is 2. The number of benzene rings is 3. The molecule has 70 heavy (non-hydrogen) atoms. The Kier molecular flexibility index (Phi) is 11.9. The topological polar surface area (TPSA) is 169 Å². The van der Waals surface area contributed by atoms with E-state index in [1.54, 1.807) is 25.4 Å². The van der Waals surface area contributed by atoms with Crippen molar-refractivity contribution in [3.05, 3.63) is 150 Å². The number of aromatic nitrogens is 5. The fourth-order valence-corrected chi connectivity index (χ4v) is 8.51. The van der Waals surface area contributed by atoms with Crippen LogP contribution in [0, 0.1) is 23.3 Å². The van der Waals surface area contributed by atoms with E-state index in [9.17, 15) is 9.59 Å². The van der Waals surface area contributed by atoms with E-state index in [1.165, 1.54) is 70.5 Å². The number of fused-ring (bicyclic) bond motifs is 2. The number of nitrogens with one attached hydrogen (secondary N) is 2.